The summed E-state index contributed by atoms with van der Waals surface area (Å²) in [5.74, 6) is 0.749. The molecule has 2 aromatic carbocycles. The average molecular weight is 333 g/mol. The molecule has 0 aliphatic rings. The van der Waals surface area contributed by atoms with Crippen molar-refractivity contribution in [2.75, 3.05) is 14.2 Å². The van der Waals surface area contributed by atoms with Crippen molar-refractivity contribution in [1.29, 1.82) is 0 Å². The Hall–Kier alpha value is -2.53. The summed E-state index contributed by atoms with van der Waals surface area (Å²) in [7, 11) is 3.10. The van der Waals surface area contributed by atoms with Crippen molar-refractivity contribution in [2.45, 2.75) is 6.92 Å². The number of carbonyl (C=O) groups is 1. The van der Waals surface area contributed by atoms with E-state index >= 15 is 0 Å². The smallest absolute Gasteiger partial charge is 0.272 e. The Bertz CT molecular complexity index is 745. The zero-order chi connectivity index (χ0) is 16.8. The van der Waals surface area contributed by atoms with Gasteiger partial charge < -0.3 is 9.47 Å². The monoisotopic (exact) mass is 332 g/mol. The molecule has 120 valence electrons. The highest BCUT2D eigenvalue weighted by Gasteiger charge is 2.10. The number of hydrogen-bond donors (Lipinski definition) is 1. The number of ether oxygens (including phenoxy) is 2. The molecule has 0 atom stereocenters. The molecular weight excluding hydrogens is 316 g/mol. The number of benzene rings is 2. The number of carbonyl (C=O) groups excluding carboxylic acids is 1. The lowest BCUT2D eigenvalue weighted by Crippen LogP contribution is -2.18. The van der Waals surface area contributed by atoms with Crippen molar-refractivity contribution < 1.29 is 14.3 Å². The molecule has 0 unspecified atom stereocenters. The highest BCUT2D eigenvalue weighted by molar-refractivity contribution is 6.33. The molecule has 1 N–H and O–H groups in total. The first kappa shape index (κ1) is 16.8. The van der Waals surface area contributed by atoms with Crippen LogP contribution in [0, 0.1) is 6.92 Å². The fourth-order valence-corrected chi connectivity index (χ4v) is 2.36. The van der Waals surface area contributed by atoms with Crippen LogP contribution in [0.3, 0.4) is 0 Å². The van der Waals surface area contributed by atoms with E-state index in [1.165, 1.54) is 6.21 Å². The topological polar surface area (TPSA) is 59.9 Å². The van der Waals surface area contributed by atoms with Crippen LogP contribution in [0.5, 0.6) is 11.5 Å². The molecule has 0 saturated heterocycles. The molecule has 0 radical (unpaired) electrons. The standard InChI is InChI=1S/C17H17ClN2O3/c1-11-7-8-13(14(18)9-11)17(21)20-19-10-12-5-4-6-15(22-2)16(12)23-3/h4-10H,1-3H3,(H,20,21)/b19-10+. The SMILES string of the molecule is COc1cccc(/C=N/NC(=O)c2ccc(C)cc2Cl)c1OC. The fraction of sp³-hybridized carbons (Fsp3) is 0.176. The molecule has 5 nitrogen and oxygen atoms in total. The quantitative estimate of drug-likeness (QED) is 0.674. The number of rotatable bonds is 5. The molecule has 2 rings (SSSR count). The molecule has 0 aliphatic heterocycles. The van der Waals surface area contributed by atoms with Gasteiger partial charge in [-0.1, -0.05) is 23.7 Å². The van der Waals surface area contributed by atoms with Gasteiger partial charge in [-0.05, 0) is 36.8 Å². The van der Waals surface area contributed by atoms with E-state index in [2.05, 4.69) is 10.5 Å². The molecule has 6 heteroatoms. The lowest BCUT2D eigenvalue weighted by Gasteiger charge is -2.09. The number of para-hydroxylation sites is 1. The van der Waals surface area contributed by atoms with Gasteiger partial charge in [-0.25, -0.2) is 5.43 Å². The number of nitrogens with one attached hydrogen (secondary N) is 1. The maximum atomic E-state index is 12.1. The second kappa shape index (κ2) is 7.65. The number of aryl methyl sites for hydroxylation is 1. The minimum atomic E-state index is -0.381. The second-order valence-corrected chi connectivity index (χ2v) is 5.17. The predicted molar refractivity (Wildman–Crippen MR) is 90.8 cm³/mol. The van der Waals surface area contributed by atoms with Crippen molar-refractivity contribution in [3.8, 4) is 11.5 Å². The van der Waals surface area contributed by atoms with E-state index in [0.29, 0.717) is 27.6 Å². The number of halogens is 1. The van der Waals surface area contributed by atoms with Gasteiger partial charge in [0.2, 0.25) is 0 Å². The molecule has 0 aliphatic carbocycles. The van der Waals surface area contributed by atoms with Gasteiger partial charge in [-0.3, -0.25) is 4.79 Å². The Labute approximate surface area is 139 Å². The van der Waals surface area contributed by atoms with Crippen LogP contribution in [-0.4, -0.2) is 26.3 Å². The third-order valence-electron chi connectivity index (χ3n) is 3.17. The summed E-state index contributed by atoms with van der Waals surface area (Å²) in [5, 5.41) is 4.33. The highest BCUT2D eigenvalue weighted by atomic mass is 35.5. The van der Waals surface area contributed by atoms with E-state index in [1.54, 1.807) is 44.6 Å². The molecule has 1 amide bonds. The Morgan fingerprint density at radius 1 is 1.22 bits per heavy atom. The van der Waals surface area contributed by atoms with Crippen LogP contribution in [0.2, 0.25) is 5.02 Å². The number of hydrazone groups is 1. The van der Waals surface area contributed by atoms with Gasteiger partial charge in [0.15, 0.2) is 11.5 Å². The third kappa shape index (κ3) is 4.02. The van der Waals surface area contributed by atoms with Crippen molar-refractivity contribution in [2.24, 2.45) is 5.10 Å². The molecule has 2 aromatic rings. The highest BCUT2D eigenvalue weighted by Crippen LogP contribution is 2.29. The summed E-state index contributed by atoms with van der Waals surface area (Å²) in [5.41, 5.74) is 4.48. The van der Waals surface area contributed by atoms with Crippen LogP contribution in [0.25, 0.3) is 0 Å². The van der Waals surface area contributed by atoms with Gasteiger partial charge >= 0.3 is 0 Å². The lowest BCUT2D eigenvalue weighted by atomic mass is 10.1. The Balaban J connectivity index is 2.14. The largest absolute Gasteiger partial charge is 0.493 e. The van der Waals surface area contributed by atoms with E-state index in [9.17, 15) is 4.79 Å². The van der Waals surface area contributed by atoms with Crippen molar-refractivity contribution >= 4 is 23.7 Å². The van der Waals surface area contributed by atoms with E-state index < -0.39 is 0 Å². The maximum Gasteiger partial charge on any atom is 0.272 e. The van der Waals surface area contributed by atoms with Crippen LogP contribution in [0.15, 0.2) is 41.5 Å². The zero-order valence-corrected chi connectivity index (χ0v) is 13.8. The van der Waals surface area contributed by atoms with Crippen LogP contribution in [-0.2, 0) is 0 Å². The molecule has 0 fully saturated rings. The number of nitrogens with zero attached hydrogens (tertiary/aromatic N) is 1. The third-order valence-corrected chi connectivity index (χ3v) is 3.49. The molecular formula is C17H17ClN2O3. The average Bonchev–Trinajstić information content (AvgIpc) is 2.54. The Morgan fingerprint density at radius 2 is 2.00 bits per heavy atom. The van der Waals surface area contributed by atoms with Crippen LogP contribution in [0.4, 0.5) is 0 Å². The summed E-state index contributed by atoms with van der Waals surface area (Å²) >= 11 is 6.06. The first-order valence-corrected chi connectivity index (χ1v) is 7.25. The van der Waals surface area contributed by atoms with Crippen LogP contribution in [0.1, 0.15) is 21.5 Å². The summed E-state index contributed by atoms with van der Waals surface area (Å²) in [6, 6.07) is 10.6. The minimum Gasteiger partial charge on any atom is -0.493 e. The van der Waals surface area contributed by atoms with Gasteiger partial charge in [-0.15, -0.1) is 0 Å². The van der Waals surface area contributed by atoms with E-state index in [1.807, 2.05) is 13.0 Å². The van der Waals surface area contributed by atoms with Gasteiger partial charge in [0.05, 0.1) is 31.0 Å². The molecule has 0 aromatic heterocycles. The Morgan fingerprint density at radius 3 is 2.65 bits per heavy atom. The number of hydrogen-bond acceptors (Lipinski definition) is 4. The van der Waals surface area contributed by atoms with Gasteiger partial charge in [0, 0.05) is 5.56 Å². The molecule has 23 heavy (non-hydrogen) atoms. The fourth-order valence-electron chi connectivity index (χ4n) is 2.04. The van der Waals surface area contributed by atoms with Crippen molar-refractivity contribution in [3.63, 3.8) is 0 Å². The summed E-state index contributed by atoms with van der Waals surface area (Å²) < 4.78 is 10.5. The number of amides is 1. The first-order chi connectivity index (χ1) is 11.1. The van der Waals surface area contributed by atoms with Gasteiger partial charge in [-0.2, -0.15) is 5.10 Å². The molecule has 0 spiro atoms. The van der Waals surface area contributed by atoms with E-state index in [-0.39, 0.29) is 5.91 Å². The van der Waals surface area contributed by atoms with Crippen molar-refractivity contribution in [1.82, 2.24) is 5.43 Å². The lowest BCUT2D eigenvalue weighted by molar-refractivity contribution is 0.0955. The maximum absolute atomic E-state index is 12.1. The molecule has 0 heterocycles. The molecule has 0 saturated carbocycles. The first-order valence-electron chi connectivity index (χ1n) is 6.87. The zero-order valence-electron chi connectivity index (χ0n) is 13.1. The number of methoxy groups -OCH3 is 2. The summed E-state index contributed by atoms with van der Waals surface area (Å²) in [4.78, 5) is 12.1. The van der Waals surface area contributed by atoms with Crippen LogP contribution < -0.4 is 14.9 Å². The van der Waals surface area contributed by atoms with Gasteiger partial charge in [0.25, 0.3) is 5.91 Å². The van der Waals surface area contributed by atoms with Gasteiger partial charge in [0.1, 0.15) is 0 Å². The van der Waals surface area contributed by atoms with E-state index in [0.717, 1.165) is 5.56 Å². The summed E-state index contributed by atoms with van der Waals surface area (Å²) in [6.07, 6.45) is 1.49. The second-order valence-electron chi connectivity index (χ2n) is 4.77. The molecule has 0 bridgehead atoms. The normalized spacial score (nSPS) is 10.6. The van der Waals surface area contributed by atoms with Crippen molar-refractivity contribution in [3.05, 3.63) is 58.1 Å². The summed E-state index contributed by atoms with van der Waals surface area (Å²) in [6.45, 7) is 1.90. The van der Waals surface area contributed by atoms with Crippen LogP contribution >= 0.6 is 11.6 Å². The minimum absolute atomic E-state index is 0.368. The Kier molecular flexibility index (Phi) is 5.60. The van der Waals surface area contributed by atoms with E-state index in [4.69, 9.17) is 21.1 Å². The predicted octanol–water partition coefficient (Wildman–Crippen LogP) is 3.43.